The average Bonchev–Trinajstić information content (AvgIpc) is 3.55. The molecule has 1 N–H and O–H groups in total. The van der Waals surface area contributed by atoms with E-state index in [1.54, 1.807) is 20.0 Å². The van der Waals surface area contributed by atoms with Gasteiger partial charge in [0.1, 0.15) is 17.6 Å². The Morgan fingerprint density at radius 2 is 1.82 bits per heavy atom. The van der Waals surface area contributed by atoms with Gasteiger partial charge in [0.2, 0.25) is 10.0 Å². The highest BCUT2D eigenvalue weighted by Crippen LogP contribution is 2.22. The molecule has 12 nitrogen and oxygen atoms in total. The summed E-state index contributed by atoms with van der Waals surface area (Å²) in [5, 5.41) is 12.6. The predicted molar refractivity (Wildman–Crippen MR) is 124 cm³/mol. The Labute approximate surface area is 195 Å². The van der Waals surface area contributed by atoms with Crippen LogP contribution >= 0.6 is 0 Å². The van der Waals surface area contributed by atoms with Crippen LogP contribution in [0.25, 0.3) is 0 Å². The molecule has 0 radical (unpaired) electrons. The minimum atomic E-state index is -3.56. The molecule has 1 aromatic heterocycles. The molecule has 1 saturated heterocycles. The molecule has 3 aliphatic heterocycles. The summed E-state index contributed by atoms with van der Waals surface area (Å²) >= 11 is 0. The van der Waals surface area contributed by atoms with Crippen molar-refractivity contribution in [1.29, 1.82) is 0 Å². The zero-order chi connectivity index (χ0) is 24.0. The number of hydrogen-bond donors (Lipinski definition) is 1. The number of aromatic nitrogens is 2. The Morgan fingerprint density at radius 3 is 2.53 bits per heavy atom. The molecule has 176 valence electrons. The van der Waals surface area contributed by atoms with Crippen LogP contribution in [0.5, 0.6) is 0 Å². The molecule has 3 aliphatic rings. The van der Waals surface area contributed by atoms with Crippen molar-refractivity contribution in [2.45, 2.75) is 24.7 Å². The van der Waals surface area contributed by atoms with Gasteiger partial charge in [-0.3, -0.25) is 14.6 Å². The summed E-state index contributed by atoms with van der Waals surface area (Å²) in [6.07, 6.45) is 3.17. The molecular weight excluding hydrogens is 460 g/mol. The largest absolute Gasteiger partial charge is 0.306 e. The van der Waals surface area contributed by atoms with E-state index in [4.69, 9.17) is 0 Å². The topological polar surface area (TPSA) is 142 Å². The third-order valence-electron chi connectivity index (χ3n) is 5.77. The standard InChI is InChI=1S/C21H22N8O4S/c1-13-11-17(29(26-13)21-24-18-16(20(31)25-21)12-22-27(18)2)23-19(30)14-5-7-15(8-6-14)34(32,33)28-9-3-4-10-28/h5-8,11-12,16H,3-4,9-10H2,1-2H3,(H,23,30). The normalized spacial score (nSPS) is 20.4. The van der Waals surface area contributed by atoms with Crippen molar-refractivity contribution in [2.75, 3.05) is 25.5 Å². The third kappa shape index (κ3) is 3.82. The van der Waals surface area contributed by atoms with Gasteiger partial charge < -0.3 is 5.32 Å². The number of aryl methyl sites for hydroxylation is 1. The van der Waals surface area contributed by atoms with Crippen LogP contribution in [0.2, 0.25) is 0 Å². The van der Waals surface area contributed by atoms with E-state index in [0.717, 1.165) is 12.8 Å². The number of nitrogens with zero attached hydrogens (tertiary/aromatic N) is 7. The molecule has 1 aromatic carbocycles. The Kier molecular flexibility index (Phi) is 5.37. The molecule has 13 heteroatoms. The SMILES string of the molecule is Cc1cc(NC(=O)c2ccc(S(=O)(=O)N3CCCC3)cc2)n(C2=NC(=O)C3C=NN(C)C3=N2)n1. The number of anilines is 1. The number of fused-ring (bicyclic) bond motifs is 1. The number of aliphatic imine (C=N–C) groups is 2. The summed E-state index contributed by atoms with van der Waals surface area (Å²) in [5.41, 5.74) is 0.846. The van der Waals surface area contributed by atoms with Crippen molar-refractivity contribution < 1.29 is 18.0 Å². The van der Waals surface area contributed by atoms with Crippen molar-refractivity contribution in [3.8, 4) is 0 Å². The molecule has 1 fully saturated rings. The van der Waals surface area contributed by atoms with Crippen molar-refractivity contribution in [3.05, 3.63) is 41.6 Å². The highest BCUT2D eigenvalue weighted by molar-refractivity contribution is 7.89. The Hall–Kier alpha value is -3.71. The summed E-state index contributed by atoms with van der Waals surface area (Å²) in [6, 6.07) is 7.40. The fraction of sp³-hybridized carbons (Fsp3) is 0.333. The predicted octanol–water partition coefficient (Wildman–Crippen LogP) is 0.919. The lowest BCUT2D eigenvalue weighted by atomic mass is 10.1. The maximum atomic E-state index is 12.9. The molecule has 2 amide bonds. The van der Waals surface area contributed by atoms with Gasteiger partial charge in [0, 0.05) is 38.0 Å². The summed E-state index contributed by atoms with van der Waals surface area (Å²) in [5.74, 6) is -0.806. The fourth-order valence-corrected chi connectivity index (χ4v) is 5.50. The second-order valence-corrected chi connectivity index (χ2v) is 10.1. The van der Waals surface area contributed by atoms with Gasteiger partial charge in [0.15, 0.2) is 0 Å². The molecule has 34 heavy (non-hydrogen) atoms. The van der Waals surface area contributed by atoms with Crippen LogP contribution in [0, 0.1) is 12.8 Å². The molecule has 4 heterocycles. The first-order valence-corrected chi connectivity index (χ1v) is 12.2. The minimum Gasteiger partial charge on any atom is -0.306 e. The van der Waals surface area contributed by atoms with Crippen molar-refractivity contribution in [1.82, 2.24) is 19.1 Å². The van der Waals surface area contributed by atoms with Crippen LogP contribution in [0.4, 0.5) is 5.82 Å². The van der Waals surface area contributed by atoms with Crippen LogP contribution in [0.3, 0.4) is 0 Å². The molecule has 0 bridgehead atoms. The number of amides is 2. The van der Waals surface area contributed by atoms with E-state index in [1.165, 1.54) is 44.5 Å². The first kappa shape index (κ1) is 22.1. The lowest BCUT2D eigenvalue weighted by Gasteiger charge is -2.17. The number of benzene rings is 1. The number of carbonyl (C=O) groups excluding carboxylic acids is 2. The maximum Gasteiger partial charge on any atom is 0.265 e. The van der Waals surface area contributed by atoms with Gasteiger partial charge >= 0.3 is 0 Å². The monoisotopic (exact) mass is 482 g/mol. The number of sulfonamides is 1. The zero-order valence-electron chi connectivity index (χ0n) is 18.5. The van der Waals surface area contributed by atoms with E-state index in [1.807, 2.05) is 0 Å². The molecule has 2 aromatic rings. The molecular formula is C21H22N8O4S. The first-order chi connectivity index (χ1) is 16.2. The van der Waals surface area contributed by atoms with Crippen molar-refractivity contribution in [3.63, 3.8) is 0 Å². The van der Waals surface area contributed by atoms with Crippen molar-refractivity contribution in [2.24, 2.45) is 21.0 Å². The minimum absolute atomic E-state index is 0.0176. The quantitative estimate of drug-likeness (QED) is 0.687. The van der Waals surface area contributed by atoms with E-state index < -0.39 is 27.8 Å². The second-order valence-electron chi connectivity index (χ2n) is 8.16. The van der Waals surface area contributed by atoms with Gasteiger partial charge in [-0.05, 0) is 44.0 Å². The van der Waals surface area contributed by atoms with Crippen LogP contribution in [-0.2, 0) is 14.8 Å². The molecule has 1 unspecified atom stereocenters. The van der Waals surface area contributed by atoms with Gasteiger partial charge in [-0.25, -0.2) is 8.42 Å². The summed E-state index contributed by atoms with van der Waals surface area (Å²) < 4.78 is 28.1. The highest BCUT2D eigenvalue weighted by atomic mass is 32.2. The Morgan fingerprint density at radius 1 is 1.12 bits per heavy atom. The number of amidine groups is 1. The van der Waals surface area contributed by atoms with E-state index >= 15 is 0 Å². The number of hydrazone groups is 1. The lowest BCUT2D eigenvalue weighted by Crippen LogP contribution is -2.35. The van der Waals surface area contributed by atoms with Crippen LogP contribution in [0.15, 0.2) is 50.3 Å². The fourth-order valence-electron chi connectivity index (χ4n) is 3.99. The Balaban J connectivity index is 1.37. The summed E-state index contributed by atoms with van der Waals surface area (Å²) in [6.45, 7) is 2.75. The smallest absolute Gasteiger partial charge is 0.265 e. The van der Waals surface area contributed by atoms with Gasteiger partial charge in [-0.2, -0.15) is 29.2 Å². The zero-order valence-corrected chi connectivity index (χ0v) is 19.4. The number of carbonyl (C=O) groups is 2. The van der Waals surface area contributed by atoms with Crippen LogP contribution < -0.4 is 5.32 Å². The Bertz CT molecular complexity index is 1370. The first-order valence-electron chi connectivity index (χ1n) is 10.7. The molecule has 0 saturated carbocycles. The molecule has 1 atom stereocenters. The van der Waals surface area contributed by atoms with Gasteiger partial charge in [-0.15, -0.1) is 0 Å². The molecule has 0 spiro atoms. The van der Waals surface area contributed by atoms with E-state index in [2.05, 4.69) is 25.5 Å². The van der Waals surface area contributed by atoms with E-state index in [-0.39, 0.29) is 22.2 Å². The van der Waals surface area contributed by atoms with E-state index in [0.29, 0.717) is 24.6 Å². The van der Waals surface area contributed by atoms with Gasteiger partial charge in [0.25, 0.3) is 17.8 Å². The second kappa shape index (κ2) is 8.25. The number of hydrogen-bond acceptors (Lipinski definition) is 8. The molecule has 5 rings (SSSR count). The summed E-state index contributed by atoms with van der Waals surface area (Å²) in [4.78, 5) is 33.9. The van der Waals surface area contributed by atoms with Gasteiger partial charge in [-0.1, -0.05) is 0 Å². The maximum absolute atomic E-state index is 12.9. The molecule has 0 aliphatic carbocycles. The highest BCUT2D eigenvalue weighted by Gasteiger charge is 2.35. The van der Waals surface area contributed by atoms with Gasteiger partial charge in [0.05, 0.1) is 10.6 Å². The summed E-state index contributed by atoms with van der Waals surface area (Å²) in [7, 11) is -1.89. The number of rotatable bonds is 4. The average molecular weight is 483 g/mol. The van der Waals surface area contributed by atoms with Crippen LogP contribution in [-0.4, -0.2) is 77.5 Å². The lowest BCUT2D eigenvalue weighted by molar-refractivity contribution is -0.118. The number of nitrogens with one attached hydrogen (secondary N) is 1. The third-order valence-corrected chi connectivity index (χ3v) is 7.68. The van der Waals surface area contributed by atoms with Crippen LogP contribution in [0.1, 0.15) is 28.9 Å². The van der Waals surface area contributed by atoms with E-state index in [9.17, 15) is 18.0 Å². The van der Waals surface area contributed by atoms with Crippen molar-refractivity contribution >= 4 is 45.7 Å².